The van der Waals surface area contributed by atoms with Crippen molar-refractivity contribution in [3.8, 4) is 5.75 Å². The van der Waals surface area contributed by atoms with Gasteiger partial charge in [-0.2, -0.15) is 0 Å². The van der Waals surface area contributed by atoms with Gasteiger partial charge in [0.2, 0.25) is 0 Å². The van der Waals surface area contributed by atoms with Crippen LogP contribution in [-0.4, -0.2) is 25.1 Å². The van der Waals surface area contributed by atoms with E-state index in [1.807, 2.05) is 19.1 Å². The topological polar surface area (TPSA) is 64.3 Å². The number of nitrogens with one attached hydrogen (secondary N) is 1. The van der Waals surface area contributed by atoms with E-state index in [4.69, 9.17) is 10.5 Å². The molecule has 4 nitrogen and oxygen atoms in total. The van der Waals surface area contributed by atoms with E-state index >= 15 is 0 Å². The van der Waals surface area contributed by atoms with Gasteiger partial charge >= 0.3 is 0 Å². The van der Waals surface area contributed by atoms with Gasteiger partial charge in [0.05, 0.1) is 0 Å². The molecule has 1 aromatic carbocycles. The summed E-state index contributed by atoms with van der Waals surface area (Å²) in [5.41, 5.74) is 7.61. The molecule has 0 aliphatic carbocycles. The summed E-state index contributed by atoms with van der Waals surface area (Å²) in [5.74, 6) is 0.575. The van der Waals surface area contributed by atoms with Crippen molar-refractivity contribution in [1.82, 2.24) is 5.32 Å². The van der Waals surface area contributed by atoms with Gasteiger partial charge < -0.3 is 15.8 Å². The molecule has 1 unspecified atom stereocenters. The van der Waals surface area contributed by atoms with Crippen LogP contribution in [0.2, 0.25) is 0 Å². The number of hydrogen-bond acceptors (Lipinski definition) is 3. The van der Waals surface area contributed by atoms with Gasteiger partial charge in [-0.05, 0) is 50.1 Å². The lowest BCUT2D eigenvalue weighted by atomic mass is 10.1. The Morgan fingerprint density at radius 2 is 2.30 bits per heavy atom. The van der Waals surface area contributed by atoms with Crippen molar-refractivity contribution in [1.29, 1.82) is 0 Å². The average Bonchev–Trinajstić information content (AvgIpc) is 2.39. The summed E-state index contributed by atoms with van der Waals surface area (Å²) in [6, 6.07) is 3.94. The minimum absolute atomic E-state index is 0.161. The number of benzene rings is 1. The third-order valence-corrected chi connectivity index (χ3v) is 3.27. The first-order chi connectivity index (χ1) is 9.49. The van der Waals surface area contributed by atoms with Crippen molar-refractivity contribution in [2.45, 2.75) is 26.4 Å². The van der Waals surface area contributed by atoms with E-state index in [1.165, 1.54) is 0 Å². The minimum atomic E-state index is -0.564. The standard InChI is InChI=1S/C15H21BrN2O2/c1-4-7-18-15(19)11(3)20-14-10(2)8-13(16)9-12(14)5-6-17/h4,8-9,11H,1,5-7,17H2,2-3H3,(H,18,19). The molecule has 0 spiro atoms. The minimum Gasteiger partial charge on any atom is -0.480 e. The predicted octanol–water partition coefficient (Wildman–Crippen LogP) is 2.33. The summed E-state index contributed by atoms with van der Waals surface area (Å²) in [5, 5.41) is 2.72. The van der Waals surface area contributed by atoms with Crippen LogP contribution in [0.4, 0.5) is 0 Å². The van der Waals surface area contributed by atoms with Crippen molar-refractivity contribution in [2.75, 3.05) is 13.1 Å². The summed E-state index contributed by atoms with van der Waals surface area (Å²) in [7, 11) is 0. The van der Waals surface area contributed by atoms with E-state index in [9.17, 15) is 4.79 Å². The lowest BCUT2D eigenvalue weighted by Gasteiger charge is -2.19. The molecule has 1 atom stereocenters. The maximum atomic E-state index is 11.8. The third-order valence-electron chi connectivity index (χ3n) is 2.81. The van der Waals surface area contributed by atoms with Crippen LogP contribution in [0, 0.1) is 6.92 Å². The van der Waals surface area contributed by atoms with E-state index in [0.717, 1.165) is 21.3 Å². The molecule has 0 saturated heterocycles. The third kappa shape index (κ3) is 4.65. The van der Waals surface area contributed by atoms with Crippen LogP contribution in [-0.2, 0) is 11.2 Å². The molecule has 0 saturated carbocycles. The lowest BCUT2D eigenvalue weighted by molar-refractivity contribution is -0.127. The van der Waals surface area contributed by atoms with Crippen LogP contribution < -0.4 is 15.8 Å². The molecule has 0 fully saturated rings. The second kappa shape index (κ2) is 8.07. The fourth-order valence-corrected chi connectivity index (χ4v) is 2.48. The van der Waals surface area contributed by atoms with Gasteiger partial charge in [0.15, 0.2) is 6.10 Å². The van der Waals surface area contributed by atoms with Gasteiger partial charge in [-0.25, -0.2) is 0 Å². The Labute approximate surface area is 128 Å². The second-order valence-electron chi connectivity index (χ2n) is 4.54. The molecule has 0 aliphatic rings. The Balaban J connectivity index is 2.90. The predicted molar refractivity (Wildman–Crippen MR) is 84.9 cm³/mol. The number of amides is 1. The average molecular weight is 341 g/mol. The molecule has 0 radical (unpaired) electrons. The van der Waals surface area contributed by atoms with Gasteiger partial charge in [-0.1, -0.05) is 22.0 Å². The first kappa shape index (κ1) is 16.7. The van der Waals surface area contributed by atoms with Crippen molar-refractivity contribution in [3.63, 3.8) is 0 Å². The van der Waals surface area contributed by atoms with Gasteiger partial charge in [0.1, 0.15) is 5.75 Å². The van der Waals surface area contributed by atoms with E-state index in [-0.39, 0.29) is 5.91 Å². The lowest BCUT2D eigenvalue weighted by Crippen LogP contribution is -2.36. The summed E-state index contributed by atoms with van der Waals surface area (Å²) < 4.78 is 6.80. The van der Waals surface area contributed by atoms with Gasteiger partial charge in [0.25, 0.3) is 5.91 Å². The maximum absolute atomic E-state index is 11.8. The van der Waals surface area contributed by atoms with E-state index in [2.05, 4.69) is 27.8 Å². The molecule has 0 aliphatic heterocycles. The van der Waals surface area contributed by atoms with Crippen molar-refractivity contribution < 1.29 is 9.53 Å². The molecule has 5 heteroatoms. The van der Waals surface area contributed by atoms with Crippen LogP contribution in [0.25, 0.3) is 0 Å². The molecular weight excluding hydrogens is 320 g/mol. The summed E-state index contributed by atoms with van der Waals surface area (Å²) in [6.45, 7) is 8.21. The van der Waals surface area contributed by atoms with Crippen LogP contribution in [0.1, 0.15) is 18.1 Å². The van der Waals surface area contributed by atoms with Gasteiger partial charge in [-0.15, -0.1) is 6.58 Å². The number of carbonyl (C=O) groups is 1. The zero-order valence-corrected chi connectivity index (χ0v) is 13.5. The number of rotatable bonds is 7. The Bertz CT molecular complexity index is 489. The molecule has 0 aromatic heterocycles. The van der Waals surface area contributed by atoms with Crippen LogP contribution in [0.3, 0.4) is 0 Å². The van der Waals surface area contributed by atoms with Crippen molar-refractivity contribution in [2.24, 2.45) is 5.73 Å². The molecule has 1 rings (SSSR count). The number of carbonyl (C=O) groups excluding carboxylic acids is 1. The van der Waals surface area contributed by atoms with Crippen molar-refractivity contribution >= 4 is 21.8 Å². The highest BCUT2D eigenvalue weighted by Gasteiger charge is 2.17. The Morgan fingerprint density at radius 1 is 1.60 bits per heavy atom. The summed E-state index contributed by atoms with van der Waals surface area (Å²) in [6.07, 6.45) is 1.78. The Morgan fingerprint density at radius 3 is 2.90 bits per heavy atom. The van der Waals surface area contributed by atoms with E-state index in [0.29, 0.717) is 19.5 Å². The molecule has 20 heavy (non-hydrogen) atoms. The van der Waals surface area contributed by atoms with E-state index in [1.54, 1.807) is 13.0 Å². The highest BCUT2D eigenvalue weighted by molar-refractivity contribution is 9.10. The fourth-order valence-electron chi connectivity index (χ4n) is 1.86. The van der Waals surface area contributed by atoms with E-state index < -0.39 is 6.10 Å². The van der Waals surface area contributed by atoms with Crippen LogP contribution in [0.15, 0.2) is 29.3 Å². The first-order valence-electron chi connectivity index (χ1n) is 6.54. The molecule has 1 amide bonds. The molecule has 0 heterocycles. The molecule has 1 aromatic rings. The molecular formula is C15H21BrN2O2. The molecule has 3 N–H and O–H groups in total. The van der Waals surface area contributed by atoms with Gasteiger partial charge in [-0.3, -0.25) is 4.79 Å². The van der Waals surface area contributed by atoms with Gasteiger partial charge in [0, 0.05) is 11.0 Å². The second-order valence-corrected chi connectivity index (χ2v) is 5.46. The first-order valence-corrected chi connectivity index (χ1v) is 7.33. The SMILES string of the molecule is C=CCNC(=O)C(C)Oc1c(C)cc(Br)cc1CCN. The maximum Gasteiger partial charge on any atom is 0.261 e. The molecule has 0 bridgehead atoms. The molecule has 110 valence electrons. The number of ether oxygens (including phenoxy) is 1. The Kier molecular flexibility index (Phi) is 6.75. The zero-order chi connectivity index (χ0) is 15.1. The largest absolute Gasteiger partial charge is 0.480 e. The summed E-state index contributed by atoms with van der Waals surface area (Å²) >= 11 is 3.46. The normalized spacial score (nSPS) is 11.8. The van der Waals surface area contributed by atoms with Crippen LogP contribution in [0.5, 0.6) is 5.75 Å². The quantitative estimate of drug-likeness (QED) is 0.748. The highest BCUT2D eigenvalue weighted by atomic mass is 79.9. The highest BCUT2D eigenvalue weighted by Crippen LogP contribution is 2.29. The monoisotopic (exact) mass is 340 g/mol. The van der Waals surface area contributed by atoms with Crippen molar-refractivity contribution in [3.05, 3.63) is 40.4 Å². The number of halogens is 1. The zero-order valence-electron chi connectivity index (χ0n) is 11.9. The fraction of sp³-hybridized carbons (Fsp3) is 0.400. The smallest absolute Gasteiger partial charge is 0.261 e. The number of nitrogens with two attached hydrogens (primary N) is 1. The number of aryl methyl sites for hydroxylation is 1. The number of hydrogen-bond donors (Lipinski definition) is 2. The Hall–Kier alpha value is -1.33. The summed E-state index contributed by atoms with van der Waals surface area (Å²) in [4.78, 5) is 11.8. The van der Waals surface area contributed by atoms with Crippen LogP contribution >= 0.6 is 15.9 Å².